The van der Waals surface area contributed by atoms with E-state index in [1.807, 2.05) is 13.0 Å². The molecule has 1 aromatic rings. The highest BCUT2D eigenvalue weighted by molar-refractivity contribution is 5.86. The lowest BCUT2D eigenvalue weighted by Gasteiger charge is -2.05. The zero-order valence-electron chi connectivity index (χ0n) is 15.6. The first-order valence-corrected chi connectivity index (χ1v) is 8.74. The number of phenolic OH excluding ortho intramolecular Hbond substituents is 2. The molecular formula is C21H26F2O4. The van der Waals surface area contributed by atoms with E-state index in [9.17, 15) is 28.9 Å². The number of benzene rings is 1. The van der Waals surface area contributed by atoms with Crippen LogP contribution in [0.2, 0.25) is 0 Å². The zero-order valence-corrected chi connectivity index (χ0v) is 15.6. The number of alkyl halides is 2. The van der Waals surface area contributed by atoms with Gasteiger partial charge in [0.1, 0.15) is 11.5 Å². The van der Waals surface area contributed by atoms with Gasteiger partial charge >= 0.3 is 5.97 Å². The van der Waals surface area contributed by atoms with Gasteiger partial charge in [0.15, 0.2) is 0 Å². The standard InChI is InChI=1S/C21H26F2O4/c1-14(5-3-7-15(2)20(22)23)6-4-8-16(21(26)27)9-10-17-13-18(24)11-12-19(17)25/h6-7,9,11-13,20,24-25H,3-5,8,10H2,1-2H3,(H,26,27). The van der Waals surface area contributed by atoms with E-state index in [1.165, 1.54) is 37.3 Å². The lowest BCUT2D eigenvalue weighted by molar-refractivity contribution is -0.132. The first-order chi connectivity index (χ1) is 12.7. The van der Waals surface area contributed by atoms with Crippen LogP contribution in [0.1, 0.15) is 45.1 Å². The molecular weight excluding hydrogens is 354 g/mol. The molecule has 0 saturated heterocycles. The summed E-state index contributed by atoms with van der Waals surface area (Å²) in [5.74, 6) is -1.03. The molecule has 0 aliphatic heterocycles. The second kappa shape index (κ2) is 11.2. The van der Waals surface area contributed by atoms with Crippen molar-refractivity contribution in [1.82, 2.24) is 0 Å². The molecule has 0 radical (unpaired) electrons. The number of phenols is 2. The summed E-state index contributed by atoms with van der Waals surface area (Å²) in [7, 11) is 0. The van der Waals surface area contributed by atoms with Gasteiger partial charge in [-0.2, -0.15) is 0 Å². The van der Waals surface area contributed by atoms with Gasteiger partial charge in [0.05, 0.1) is 0 Å². The average molecular weight is 380 g/mol. The number of rotatable bonds is 10. The van der Waals surface area contributed by atoms with Crippen LogP contribution in [-0.2, 0) is 11.2 Å². The summed E-state index contributed by atoms with van der Waals surface area (Å²) < 4.78 is 24.8. The van der Waals surface area contributed by atoms with E-state index in [2.05, 4.69) is 0 Å². The molecule has 148 valence electrons. The fourth-order valence-corrected chi connectivity index (χ4v) is 2.46. The molecule has 0 bridgehead atoms. The molecule has 0 atom stereocenters. The Morgan fingerprint density at radius 3 is 2.37 bits per heavy atom. The highest BCUT2D eigenvalue weighted by Crippen LogP contribution is 2.23. The molecule has 0 heterocycles. The Labute approximate surface area is 158 Å². The number of carboxylic acids is 1. The molecule has 6 heteroatoms. The van der Waals surface area contributed by atoms with Crippen LogP contribution in [0.15, 0.2) is 53.1 Å². The molecule has 0 spiro atoms. The highest BCUT2D eigenvalue weighted by atomic mass is 19.3. The topological polar surface area (TPSA) is 77.8 Å². The minimum Gasteiger partial charge on any atom is -0.508 e. The van der Waals surface area contributed by atoms with Crippen molar-refractivity contribution in [1.29, 1.82) is 0 Å². The number of carboxylic acid groups (broad SMARTS) is 1. The molecule has 1 aromatic carbocycles. The minimum absolute atomic E-state index is 0.00256. The number of aliphatic carboxylic acids is 1. The monoisotopic (exact) mass is 380 g/mol. The van der Waals surface area contributed by atoms with Gasteiger partial charge in [0, 0.05) is 11.1 Å². The SMILES string of the molecule is CC(=CCCC(=CCc1cc(O)ccc1O)C(=O)O)CCC=C(C)C(F)F. The van der Waals surface area contributed by atoms with Crippen LogP contribution < -0.4 is 0 Å². The number of hydrogen-bond donors (Lipinski definition) is 3. The average Bonchev–Trinajstić information content (AvgIpc) is 2.60. The molecule has 27 heavy (non-hydrogen) atoms. The Morgan fingerprint density at radius 1 is 1.07 bits per heavy atom. The van der Waals surface area contributed by atoms with Crippen molar-refractivity contribution < 1.29 is 28.9 Å². The van der Waals surface area contributed by atoms with Gasteiger partial charge in [-0.1, -0.05) is 23.8 Å². The molecule has 3 N–H and O–H groups in total. The van der Waals surface area contributed by atoms with Crippen LogP contribution in [0.5, 0.6) is 11.5 Å². The van der Waals surface area contributed by atoms with Gasteiger partial charge in [-0.05, 0) is 69.7 Å². The predicted molar refractivity (Wildman–Crippen MR) is 101 cm³/mol. The summed E-state index contributed by atoms with van der Waals surface area (Å²) >= 11 is 0. The zero-order chi connectivity index (χ0) is 20.4. The predicted octanol–water partition coefficient (Wildman–Crippen LogP) is 5.37. The van der Waals surface area contributed by atoms with Crippen molar-refractivity contribution >= 4 is 5.97 Å². The quantitative estimate of drug-likeness (QED) is 0.290. The molecule has 0 fully saturated rings. The fraction of sp³-hybridized carbons (Fsp3) is 0.381. The second-order valence-corrected chi connectivity index (χ2v) is 6.43. The normalized spacial score (nSPS) is 13.3. The Hall–Kier alpha value is -2.63. The number of hydrogen-bond acceptors (Lipinski definition) is 3. The molecule has 0 amide bonds. The highest BCUT2D eigenvalue weighted by Gasteiger charge is 2.08. The largest absolute Gasteiger partial charge is 0.508 e. The maximum atomic E-state index is 12.4. The summed E-state index contributed by atoms with van der Waals surface area (Å²) in [4.78, 5) is 11.4. The first kappa shape index (κ1) is 22.4. The third-order valence-electron chi connectivity index (χ3n) is 4.16. The van der Waals surface area contributed by atoms with Crippen LogP contribution in [-0.4, -0.2) is 27.7 Å². The summed E-state index contributed by atoms with van der Waals surface area (Å²) in [6.07, 6.45) is 4.73. The van der Waals surface area contributed by atoms with E-state index in [-0.39, 0.29) is 29.1 Å². The van der Waals surface area contributed by atoms with Gasteiger partial charge in [-0.25, -0.2) is 13.6 Å². The summed E-state index contributed by atoms with van der Waals surface area (Å²) in [5, 5.41) is 28.5. The molecule has 0 unspecified atom stereocenters. The third kappa shape index (κ3) is 8.53. The van der Waals surface area contributed by atoms with E-state index < -0.39 is 12.4 Å². The maximum absolute atomic E-state index is 12.4. The summed E-state index contributed by atoms with van der Waals surface area (Å²) in [5.41, 5.74) is 1.75. The second-order valence-electron chi connectivity index (χ2n) is 6.43. The van der Waals surface area contributed by atoms with Crippen molar-refractivity contribution in [3.05, 3.63) is 58.7 Å². The minimum atomic E-state index is -2.43. The van der Waals surface area contributed by atoms with Crippen molar-refractivity contribution in [3.63, 3.8) is 0 Å². The number of aromatic hydroxyl groups is 2. The van der Waals surface area contributed by atoms with Gasteiger partial charge in [0.25, 0.3) is 6.43 Å². The van der Waals surface area contributed by atoms with Gasteiger partial charge < -0.3 is 15.3 Å². The van der Waals surface area contributed by atoms with Gasteiger partial charge in [0.2, 0.25) is 0 Å². The molecule has 0 aliphatic carbocycles. The lowest BCUT2D eigenvalue weighted by atomic mass is 10.0. The fourth-order valence-electron chi connectivity index (χ4n) is 2.46. The first-order valence-electron chi connectivity index (χ1n) is 8.74. The van der Waals surface area contributed by atoms with Crippen LogP contribution in [0.4, 0.5) is 8.78 Å². The molecule has 0 aliphatic rings. The number of carbonyl (C=O) groups is 1. The van der Waals surface area contributed by atoms with E-state index in [0.29, 0.717) is 31.2 Å². The van der Waals surface area contributed by atoms with E-state index in [0.717, 1.165) is 5.57 Å². The van der Waals surface area contributed by atoms with Crippen LogP contribution in [0.25, 0.3) is 0 Å². The molecule has 0 aromatic heterocycles. The van der Waals surface area contributed by atoms with Crippen LogP contribution >= 0.6 is 0 Å². The van der Waals surface area contributed by atoms with E-state index >= 15 is 0 Å². The van der Waals surface area contributed by atoms with Crippen molar-refractivity contribution in [2.75, 3.05) is 0 Å². The number of allylic oxidation sites excluding steroid dienone is 5. The van der Waals surface area contributed by atoms with Gasteiger partial charge in [-0.3, -0.25) is 0 Å². The molecule has 1 rings (SSSR count). The van der Waals surface area contributed by atoms with Gasteiger partial charge in [-0.15, -0.1) is 0 Å². The van der Waals surface area contributed by atoms with E-state index in [1.54, 1.807) is 0 Å². The van der Waals surface area contributed by atoms with Crippen molar-refractivity contribution in [2.24, 2.45) is 0 Å². The Bertz CT molecular complexity index is 734. The van der Waals surface area contributed by atoms with Crippen LogP contribution in [0, 0.1) is 0 Å². The number of halogens is 2. The Morgan fingerprint density at radius 2 is 1.74 bits per heavy atom. The summed E-state index contributed by atoms with van der Waals surface area (Å²) in [6, 6.07) is 4.10. The Kier molecular flexibility index (Phi) is 9.26. The maximum Gasteiger partial charge on any atom is 0.331 e. The van der Waals surface area contributed by atoms with Crippen molar-refractivity contribution in [3.8, 4) is 11.5 Å². The van der Waals surface area contributed by atoms with Crippen molar-refractivity contribution in [2.45, 2.75) is 52.4 Å². The van der Waals surface area contributed by atoms with Crippen LogP contribution in [0.3, 0.4) is 0 Å². The smallest absolute Gasteiger partial charge is 0.331 e. The lowest BCUT2D eigenvalue weighted by Crippen LogP contribution is -2.01. The third-order valence-corrected chi connectivity index (χ3v) is 4.16. The Balaban J connectivity index is 2.61. The summed E-state index contributed by atoms with van der Waals surface area (Å²) in [6.45, 7) is 3.29. The molecule has 4 nitrogen and oxygen atoms in total. The molecule has 0 saturated carbocycles. The van der Waals surface area contributed by atoms with E-state index in [4.69, 9.17) is 0 Å².